The smallest absolute Gasteiger partial charge is 0.253 e. The Morgan fingerprint density at radius 3 is 2.75 bits per heavy atom. The Morgan fingerprint density at radius 2 is 1.93 bits per heavy atom. The van der Waals surface area contributed by atoms with Gasteiger partial charge in [-0.1, -0.05) is 24.3 Å². The van der Waals surface area contributed by atoms with E-state index in [0.29, 0.717) is 18.0 Å². The molecule has 28 heavy (non-hydrogen) atoms. The molecule has 0 bridgehead atoms. The van der Waals surface area contributed by atoms with Gasteiger partial charge in [0, 0.05) is 32.4 Å². The van der Waals surface area contributed by atoms with Crippen LogP contribution in [0.2, 0.25) is 0 Å². The number of ether oxygens (including phenoxy) is 1. The zero-order chi connectivity index (χ0) is 19.9. The fraction of sp³-hybridized carbons (Fsp3) is 0.435. The van der Waals surface area contributed by atoms with Crippen LogP contribution in [0.4, 0.5) is 11.4 Å². The van der Waals surface area contributed by atoms with Crippen LogP contribution in [0.5, 0.6) is 0 Å². The average molecular weight is 382 g/mol. The van der Waals surface area contributed by atoms with Crippen molar-refractivity contribution in [2.24, 2.45) is 5.92 Å². The molecule has 0 radical (unpaired) electrons. The minimum atomic E-state index is -0.0243. The van der Waals surface area contributed by atoms with Crippen LogP contribution in [0, 0.1) is 19.8 Å². The summed E-state index contributed by atoms with van der Waals surface area (Å²) < 4.78 is 5.15. The average Bonchev–Trinajstić information content (AvgIpc) is 3.16. The standard InChI is InChI=1S/C23H31N3O2/c1-17-7-6-10-21(18(17)2)25-22-9-5-4-8-20(22)23(27)24-15-19-11-12-26(16-19)13-14-28-3/h4-10,19,25H,11-16H2,1-3H3,(H,24,27)/t19-/m1/s1. The lowest BCUT2D eigenvalue weighted by Gasteiger charge is -2.17. The van der Waals surface area contributed by atoms with Crippen molar-refractivity contribution in [2.75, 3.05) is 45.2 Å². The van der Waals surface area contributed by atoms with Gasteiger partial charge in [0.25, 0.3) is 5.91 Å². The van der Waals surface area contributed by atoms with Gasteiger partial charge in [-0.25, -0.2) is 0 Å². The summed E-state index contributed by atoms with van der Waals surface area (Å²) in [7, 11) is 1.73. The molecule has 1 amide bonds. The number of carbonyl (C=O) groups is 1. The summed E-state index contributed by atoms with van der Waals surface area (Å²) >= 11 is 0. The summed E-state index contributed by atoms with van der Waals surface area (Å²) in [4.78, 5) is 15.2. The molecular formula is C23H31N3O2. The van der Waals surface area contributed by atoms with Crippen molar-refractivity contribution in [3.63, 3.8) is 0 Å². The molecule has 5 nitrogen and oxygen atoms in total. The van der Waals surface area contributed by atoms with E-state index in [2.05, 4.69) is 35.4 Å². The molecule has 0 aromatic heterocycles. The first kappa shape index (κ1) is 20.4. The fourth-order valence-electron chi connectivity index (χ4n) is 3.66. The summed E-state index contributed by atoms with van der Waals surface area (Å²) in [5, 5.41) is 6.57. The van der Waals surface area contributed by atoms with E-state index in [0.717, 1.165) is 44.0 Å². The van der Waals surface area contributed by atoms with Crippen LogP contribution in [0.25, 0.3) is 0 Å². The number of hydrogen-bond donors (Lipinski definition) is 2. The molecule has 1 saturated heterocycles. The number of hydrogen-bond acceptors (Lipinski definition) is 4. The van der Waals surface area contributed by atoms with E-state index < -0.39 is 0 Å². The van der Waals surface area contributed by atoms with Crippen molar-refractivity contribution >= 4 is 17.3 Å². The highest BCUT2D eigenvalue weighted by Gasteiger charge is 2.23. The molecule has 2 N–H and O–H groups in total. The SMILES string of the molecule is COCCN1CC[C@H](CNC(=O)c2ccccc2Nc2cccc(C)c2C)C1. The van der Waals surface area contributed by atoms with Gasteiger partial charge in [-0.3, -0.25) is 4.79 Å². The van der Waals surface area contributed by atoms with Crippen molar-refractivity contribution in [3.05, 3.63) is 59.2 Å². The Labute approximate surface area is 168 Å². The van der Waals surface area contributed by atoms with Gasteiger partial charge in [0.1, 0.15) is 0 Å². The molecule has 1 aliphatic heterocycles. The normalized spacial score (nSPS) is 16.9. The van der Waals surface area contributed by atoms with Gasteiger partial charge in [0.15, 0.2) is 0 Å². The van der Waals surface area contributed by atoms with Crippen molar-refractivity contribution in [1.82, 2.24) is 10.2 Å². The minimum absolute atomic E-state index is 0.0243. The van der Waals surface area contributed by atoms with Crippen molar-refractivity contribution in [1.29, 1.82) is 0 Å². The third-order valence-electron chi connectivity index (χ3n) is 5.58. The topological polar surface area (TPSA) is 53.6 Å². The quantitative estimate of drug-likeness (QED) is 0.731. The van der Waals surface area contributed by atoms with Gasteiger partial charge < -0.3 is 20.3 Å². The number of anilines is 2. The molecule has 2 aromatic carbocycles. The zero-order valence-corrected chi connectivity index (χ0v) is 17.1. The Balaban J connectivity index is 1.61. The molecule has 0 unspecified atom stereocenters. The second kappa shape index (κ2) is 9.71. The van der Waals surface area contributed by atoms with Crippen LogP contribution in [0.1, 0.15) is 27.9 Å². The maximum Gasteiger partial charge on any atom is 0.253 e. The van der Waals surface area contributed by atoms with Gasteiger partial charge in [0.2, 0.25) is 0 Å². The lowest BCUT2D eigenvalue weighted by molar-refractivity contribution is 0.0947. The Kier molecular flexibility index (Phi) is 7.06. The minimum Gasteiger partial charge on any atom is -0.383 e. The number of nitrogens with one attached hydrogen (secondary N) is 2. The van der Waals surface area contributed by atoms with E-state index in [9.17, 15) is 4.79 Å². The molecule has 1 heterocycles. The maximum absolute atomic E-state index is 12.8. The molecule has 0 spiro atoms. The summed E-state index contributed by atoms with van der Waals surface area (Å²) in [5.41, 5.74) is 4.97. The van der Waals surface area contributed by atoms with E-state index in [1.165, 1.54) is 11.1 Å². The highest BCUT2D eigenvalue weighted by atomic mass is 16.5. The lowest BCUT2D eigenvalue weighted by Crippen LogP contribution is -2.32. The number of para-hydroxylation sites is 1. The van der Waals surface area contributed by atoms with E-state index in [4.69, 9.17) is 4.74 Å². The number of likely N-dealkylation sites (tertiary alicyclic amines) is 1. The lowest BCUT2D eigenvalue weighted by atomic mass is 10.1. The first-order valence-electron chi connectivity index (χ1n) is 10.00. The van der Waals surface area contributed by atoms with Gasteiger partial charge >= 0.3 is 0 Å². The molecule has 1 aliphatic rings. The highest BCUT2D eigenvalue weighted by molar-refractivity contribution is 6.00. The van der Waals surface area contributed by atoms with Gasteiger partial charge in [-0.2, -0.15) is 0 Å². The summed E-state index contributed by atoms with van der Waals surface area (Å²) in [5.74, 6) is 0.476. The van der Waals surface area contributed by atoms with E-state index in [1.54, 1.807) is 7.11 Å². The first-order valence-corrected chi connectivity index (χ1v) is 10.00. The highest BCUT2D eigenvalue weighted by Crippen LogP contribution is 2.25. The molecular weight excluding hydrogens is 350 g/mol. The monoisotopic (exact) mass is 381 g/mol. The number of aryl methyl sites for hydroxylation is 1. The van der Waals surface area contributed by atoms with Crippen molar-refractivity contribution < 1.29 is 9.53 Å². The van der Waals surface area contributed by atoms with Crippen LogP contribution >= 0.6 is 0 Å². The number of methoxy groups -OCH3 is 1. The largest absolute Gasteiger partial charge is 0.383 e. The molecule has 1 fully saturated rings. The first-order chi connectivity index (χ1) is 13.6. The van der Waals surface area contributed by atoms with Crippen LogP contribution in [0.3, 0.4) is 0 Å². The summed E-state index contributed by atoms with van der Waals surface area (Å²) in [6.45, 7) is 8.72. The third-order valence-corrected chi connectivity index (χ3v) is 5.58. The Morgan fingerprint density at radius 1 is 1.14 bits per heavy atom. The number of carbonyl (C=O) groups excluding carboxylic acids is 1. The summed E-state index contributed by atoms with van der Waals surface area (Å²) in [6.07, 6.45) is 1.12. The Hall–Kier alpha value is -2.37. The molecule has 2 aromatic rings. The van der Waals surface area contributed by atoms with E-state index in [-0.39, 0.29) is 5.91 Å². The number of amides is 1. The van der Waals surface area contributed by atoms with E-state index in [1.807, 2.05) is 36.4 Å². The number of nitrogens with zero attached hydrogens (tertiary/aromatic N) is 1. The molecule has 1 atom stereocenters. The Bertz CT molecular complexity index is 806. The van der Waals surface area contributed by atoms with Crippen LogP contribution in [-0.4, -0.2) is 50.7 Å². The van der Waals surface area contributed by atoms with Crippen LogP contribution < -0.4 is 10.6 Å². The summed E-state index contributed by atoms with van der Waals surface area (Å²) in [6, 6.07) is 13.9. The van der Waals surface area contributed by atoms with Crippen LogP contribution in [0.15, 0.2) is 42.5 Å². The van der Waals surface area contributed by atoms with Gasteiger partial charge in [-0.15, -0.1) is 0 Å². The fourth-order valence-corrected chi connectivity index (χ4v) is 3.66. The predicted molar refractivity (Wildman–Crippen MR) is 114 cm³/mol. The zero-order valence-electron chi connectivity index (χ0n) is 17.1. The van der Waals surface area contributed by atoms with Crippen LogP contribution in [-0.2, 0) is 4.74 Å². The maximum atomic E-state index is 12.8. The molecule has 0 aliphatic carbocycles. The predicted octanol–water partition coefficient (Wildman–Crippen LogP) is 3.75. The molecule has 3 rings (SSSR count). The molecule has 150 valence electrons. The molecule has 5 heteroatoms. The second-order valence-corrected chi connectivity index (χ2v) is 7.58. The number of rotatable bonds is 8. The number of benzene rings is 2. The second-order valence-electron chi connectivity index (χ2n) is 7.58. The van der Waals surface area contributed by atoms with Crippen molar-refractivity contribution in [2.45, 2.75) is 20.3 Å². The van der Waals surface area contributed by atoms with E-state index >= 15 is 0 Å². The van der Waals surface area contributed by atoms with Gasteiger partial charge in [0.05, 0.1) is 17.9 Å². The van der Waals surface area contributed by atoms with Gasteiger partial charge in [-0.05, 0) is 62.1 Å². The third kappa shape index (κ3) is 5.12. The van der Waals surface area contributed by atoms with Crippen molar-refractivity contribution in [3.8, 4) is 0 Å². The molecule has 0 saturated carbocycles.